The van der Waals surface area contributed by atoms with E-state index >= 15 is 0 Å². The summed E-state index contributed by atoms with van der Waals surface area (Å²) in [6, 6.07) is 3.94. The summed E-state index contributed by atoms with van der Waals surface area (Å²) in [7, 11) is -3.69. The highest BCUT2D eigenvalue weighted by atomic mass is 32.2. The van der Waals surface area contributed by atoms with Gasteiger partial charge >= 0.3 is 0 Å². The van der Waals surface area contributed by atoms with Crippen molar-refractivity contribution in [2.45, 2.75) is 57.9 Å². The first-order valence-electron chi connectivity index (χ1n) is 11.5. The molecular weight excluding hydrogens is 412 g/mol. The maximum absolute atomic E-state index is 13.8. The van der Waals surface area contributed by atoms with Crippen molar-refractivity contribution in [2.24, 2.45) is 0 Å². The third-order valence-corrected chi connectivity index (χ3v) is 8.78. The molecule has 1 aromatic rings. The monoisotopic (exact) mass is 450 g/mol. The van der Waals surface area contributed by atoms with Crippen LogP contribution in [-0.2, 0) is 14.8 Å². The molecule has 2 aliphatic rings. The number of carbonyl (C=O) groups excluding carboxylic acids is 1. The van der Waals surface area contributed by atoms with Crippen LogP contribution in [0.1, 0.15) is 42.9 Å². The molecule has 174 valence electrons. The van der Waals surface area contributed by atoms with E-state index in [2.05, 4.69) is 17.1 Å². The van der Waals surface area contributed by atoms with Crippen molar-refractivity contribution < 1.29 is 13.2 Å². The third-order valence-electron chi connectivity index (χ3n) is 6.77. The summed E-state index contributed by atoms with van der Waals surface area (Å²) in [6.45, 7) is 13.5. The van der Waals surface area contributed by atoms with Crippen LogP contribution in [0.15, 0.2) is 17.0 Å². The summed E-state index contributed by atoms with van der Waals surface area (Å²) < 4.78 is 29.1. The van der Waals surface area contributed by atoms with Gasteiger partial charge in [0.2, 0.25) is 15.9 Å². The standard InChI is InChI=1S/C23H38N4O3S/c1-5-25-11-6-7-21(25)17-27(12-8-23(28)26-13-9-24-10-14-26)31(29,30)22-16-19(3)18(2)15-20(22)4/h15-16,21,24H,5-14,17H2,1-4H3/t21-/m1/s1. The predicted octanol–water partition coefficient (Wildman–Crippen LogP) is 1.91. The summed E-state index contributed by atoms with van der Waals surface area (Å²) in [4.78, 5) is 17.3. The lowest BCUT2D eigenvalue weighted by molar-refractivity contribution is -0.131. The predicted molar refractivity (Wildman–Crippen MR) is 124 cm³/mol. The fourth-order valence-corrected chi connectivity index (χ4v) is 6.48. The molecule has 0 aromatic heterocycles. The second-order valence-electron chi connectivity index (χ2n) is 8.87. The van der Waals surface area contributed by atoms with E-state index in [4.69, 9.17) is 0 Å². The molecule has 2 heterocycles. The Balaban J connectivity index is 1.83. The Morgan fingerprint density at radius 1 is 1.10 bits per heavy atom. The average Bonchev–Trinajstić information content (AvgIpc) is 3.21. The molecule has 0 bridgehead atoms. The molecule has 0 aliphatic carbocycles. The van der Waals surface area contributed by atoms with E-state index in [1.165, 1.54) is 0 Å². The second-order valence-corrected chi connectivity index (χ2v) is 10.8. The van der Waals surface area contributed by atoms with Gasteiger partial charge in [0.05, 0.1) is 4.90 Å². The molecule has 0 spiro atoms. The van der Waals surface area contributed by atoms with Crippen molar-refractivity contribution in [3.63, 3.8) is 0 Å². The molecule has 31 heavy (non-hydrogen) atoms. The van der Waals surface area contributed by atoms with Gasteiger partial charge in [-0.05, 0) is 69.5 Å². The number of rotatable bonds is 8. The highest BCUT2D eigenvalue weighted by Gasteiger charge is 2.33. The number of piperazine rings is 1. The van der Waals surface area contributed by atoms with E-state index < -0.39 is 10.0 Å². The van der Waals surface area contributed by atoms with Gasteiger partial charge in [-0.3, -0.25) is 9.69 Å². The third kappa shape index (κ3) is 5.66. The summed E-state index contributed by atoms with van der Waals surface area (Å²) >= 11 is 0. The van der Waals surface area contributed by atoms with Crippen molar-refractivity contribution in [1.29, 1.82) is 0 Å². The van der Waals surface area contributed by atoms with Crippen molar-refractivity contribution in [3.05, 3.63) is 28.8 Å². The van der Waals surface area contributed by atoms with E-state index in [1.54, 1.807) is 10.4 Å². The normalized spacial score (nSPS) is 20.5. The number of sulfonamides is 1. The number of benzene rings is 1. The molecule has 1 N–H and O–H groups in total. The van der Waals surface area contributed by atoms with Crippen LogP contribution < -0.4 is 5.32 Å². The van der Waals surface area contributed by atoms with Crippen molar-refractivity contribution in [1.82, 2.24) is 19.4 Å². The maximum Gasteiger partial charge on any atom is 0.243 e. The number of aryl methyl sites for hydroxylation is 3. The van der Waals surface area contributed by atoms with Crippen LogP contribution in [0.25, 0.3) is 0 Å². The number of carbonyl (C=O) groups is 1. The molecule has 1 atom stereocenters. The summed E-state index contributed by atoms with van der Waals surface area (Å²) in [5.41, 5.74) is 2.82. The number of nitrogens with zero attached hydrogens (tertiary/aromatic N) is 3. The van der Waals surface area contributed by atoms with Crippen molar-refractivity contribution >= 4 is 15.9 Å². The molecule has 2 aliphatic heterocycles. The van der Waals surface area contributed by atoms with Crippen molar-refractivity contribution in [3.8, 4) is 0 Å². The number of hydrogen-bond donors (Lipinski definition) is 1. The van der Waals surface area contributed by atoms with Gasteiger partial charge in [0.15, 0.2) is 0 Å². The number of amides is 1. The first-order valence-corrected chi connectivity index (χ1v) is 13.0. The molecule has 0 radical (unpaired) electrons. The maximum atomic E-state index is 13.8. The van der Waals surface area contributed by atoms with E-state index in [-0.39, 0.29) is 24.9 Å². The molecule has 2 fully saturated rings. The lowest BCUT2D eigenvalue weighted by Gasteiger charge is -2.31. The topological polar surface area (TPSA) is 73.0 Å². The summed E-state index contributed by atoms with van der Waals surface area (Å²) in [5.74, 6) is 0.0391. The zero-order chi connectivity index (χ0) is 22.6. The van der Waals surface area contributed by atoms with Gasteiger partial charge in [-0.1, -0.05) is 13.0 Å². The van der Waals surface area contributed by atoms with Crippen LogP contribution in [-0.4, -0.2) is 86.8 Å². The molecule has 3 rings (SSSR count). The van der Waals surface area contributed by atoms with Gasteiger partial charge < -0.3 is 10.2 Å². The molecule has 0 saturated carbocycles. The molecule has 8 heteroatoms. The molecule has 7 nitrogen and oxygen atoms in total. The first-order chi connectivity index (χ1) is 14.7. The Labute approximate surface area is 187 Å². The van der Waals surface area contributed by atoms with Gasteiger partial charge in [-0.15, -0.1) is 0 Å². The van der Waals surface area contributed by atoms with Gasteiger partial charge in [0.1, 0.15) is 0 Å². The van der Waals surface area contributed by atoms with Gasteiger partial charge in [0, 0.05) is 51.7 Å². The highest BCUT2D eigenvalue weighted by Crippen LogP contribution is 2.26. The quantitative estimate of drug-likeness (QED) is 0.655. The van der Waals surface area contributed by atoms with Crippen LogP contribution in [0.3, 0.4) is 0 Å². The number of likely N-dealkylation sites (N-methyl/N-ethyl adjacent to an activating group) is 1. The van der Waals surface area contributed by atoms with Gasteiger partial charge in [-0.2, -0.15) is 4.31 Å². The Morgan fingerprint density at radius 2 is 1.77 bits per heavy atom. The van der Waals surface area contributed by atoms with Gasteiger partial charge in [0.25, 0.3) is 0 Å². The summed E-state index contributed by atoms with van der Waals surface area (Å²) in [6.07, 6.45) is 2.31. The number of nitrogens with one attached hydrogen (secondary N) is 1. The lowest BCUT2D eigenvalue weighted by atomic mass is 10.1. The minimum atomic E-state index is -3.69. The Morgan fingerprint density at radius 3 is 2.45 bits per heavy atom. The van der Waals surface area contributed by atoms with E-state index in [0.29, 0.717) is 24.5 Å². The Bertz CT molecular complexity index is 881. The molecule has 1 amide bonds. The summed E-state index contributed by atoms with van der Waals surface area (Å²) in [5, 5.41) is 3.25. The zero-order valence-electron chi connectivity index (χ0n) is 19.5. The Hall–Kier alpha value is -1.48. The average molecular weight is 451 g/mol. The van der Waals surface area contributed by atoms with E-state index in [9.17, 15) is 13.2 Å². The van der Waals surface area contributed by atoms with Crippen LogP contribution >= 0.6 is 0 Å². The minimum Gasteiger partial charge on any atom is -0.340 e. The van der Waals surface area contributed by atoms with Crippen LogP contribution in [0, 0.1) is 20.8 Å². The second kappa shape index (κ2) is 10.4. The van der Waals surface area contributed by atoms with Crippen LogP contribution in [0.5, 0.6) is 0 Å². The largest absolute Gasteiger partial charge is 0.340 e. The smallest absolute Gasteiger partial charge is 0.243 e. The molecule has 2 saturated heterocycles. The lowest BCUT2D eigenvalue weighted by Crippen LogP contribution is -2.48. The van der Waals surface area contributed by atoms with Crippen LogP contribution in [0.2, 0.25) is 0 Å². The number of likely N-dealkylation sites (tertiary alicyclic amines) is 1. The Kier molecular flexibility index (Phi) is 8.13. The number of hydrogen-bond acceptors (Lipinski definition) is 5. The first kappa shape index (κ1) is 24.2. The van der Waals surface area contributed by atoms with Crippen molar-refractivity contribution in [2.75, 3.05) is 52.4 Å². The minimum absolute atomic E-state index is 0.0391. The van der Waals surface area contributed by atoms with E-state index in [0.717, 1.165) is 55.7 Å². The van der Waals surface area contributed by atoms with Crippen LogP contribution in [0.4, 0.5) is 0 Å². The fourth-order valence-electron chi connectivity index (χ4n) is 4.71. The van der Waals surface area contributed by atoms with E-state index in [1.807, 2.05) is 31.7 Å². The zero-order valence-corrected chi connectivity index (χ0v) is 20.3. The fraction of sp³-hybridized carbons (Fsp3) is 0.696. The van der Waals surface area contributed by atoms with Gasteiger partial charge in [-0.25, -0.2) is 8.42 Å². The molecule has 0 unspecified atom stereocenters. The SMILES string of the molecule is CCN1CCC[C@@H]1CN(CCC(=O)N1CCNCC1)S(=O)(=O)c1cc(C)c(C)cc1C. The molecule has 1 aromatic carbocycles. The highest BCUT2D eigenvalue weighted by molar-refractivity contribution is 7.89. The molecular formula is C23H38N4O3S.